The van der Waals surface area contributed by atoms with Crippen LogP contribution < -0.4 is 9.62 Å². The normalized spacial score (nSPS) is 17.8. The number of nitrogens with zero attached hydrogens (tertiary/aromatic N) is 5. The van der Waals surface area contributed by atoms with Gasteiger partial charge >= 0.3 is 6.18 Å². The Labute approximate surface area is 281 Å². The Hall–Kier alpha value is -3.55. The number of aryl methyl sites for hydroxylation is 2. The van der Waals surface area contributed by atoms with E-state index < -0.39 is 22.0 Å². The summed E-state index contributed by atoms with van der Waals surface area (Å²) >= 11 is 0. The van der Waals surface area contributed by atoms with Gasteiger partial charge in [0.15, 0.2) is 5.75 Å². The molecule has 260 valence electrons. The zero-order chi connectivity index (χ0) is 34.5. The first kappa shape index (κ1) is 35.7. The third-order valence-electron chi connectivity index (χ3n) is 9.79. The lowest BCUT2D eigenvalue weighted by atomic mass is 9.85. The Balaban J connectivity index is 1.20. The molecule has 0 radical (unpaired) electrons. The van der Waals surface area contributed by atoms with E-state index in [9.17, 15) is 26.4 Å². The topological polar surface area (TPSA) is 98.7 Å². The Morgan fingerprint density at radius 3 is 2.12 bits per heavy atom. The second-order valence-corrected chi connectivity index (χ2v) is 15.0. The molecule has 1 N–H and O–H groups in total. The molecule has 1 aromatic heterocycles. The third-order valence-corrected chi connectivity index (χ3v) is 11.1. The van der Waals surface area contributed by atoms with Crippen molar-refractivity contribution in [2.24, 2.45) is 0 Å². The monoisotopic (exact) mass is 686 g/mol. The number of carbonyl (C=O) groups excluding carboxylic acids is 1. The third kappa shape index (κ3) is 9.12. The van der Waals surface area contributed by atoms with Crippen molar-refractivity contribution >= 4 is 21.6 Å². The molecule has 0 saturated carbocycles. The van der Waals surface area contributed by atoms with Gasteiger partial charge < -0.3 is 9.80 Å². The number of hydrogen-bond acceptors (Lipinski definition) is 7. The van der Waals surface area contributed by atoms with Crippen molar-refractivity contribution < 1.29 is 26.4 Å². The molecule has 3 heterocycles. The molecular weight excluding hydrogens is 641 g/mol. The summed E-state index contributed by atoms with van der Waals surface area (Å²) in [6, 6.07) is 18.5. The summed E-state index contributed by atoms with van der Waals surface area (Å²) < 4.78 is 63.1. The van der Waals surface area contributed by atoms with Gasteiger partial charge in [-0.25, -0.2) is 23.1 Å². The predicted molar refractivity (Wildman–Crippen MR) is 180 cm³/mol. The van der Waals surface area contributed by atoms with E-state index in [0.29, 0.717) is 36.1 Å². The second kappa shape index (κ2) is 14.9. The van der Waals surface area contributed by atoms with Crippen molar-refractivity contribution in [2.75, 3.05) is 43.4 Å². The van der Waals surface area contributed by atoms with Crippen LogP contribution >= 0.6 is 0 Å². The van der Waals surface area contributed by atoms with Crippen LogP contribution in [-0.2, 0) is 23.0 Å². The molecule has 2 aromatic carbocycles. The van der Waals surface area contributed by atoms with Crippen LogP contribution in [0.25, 0.3) is 0 Å². The molecule has 9 nitrogen and oxygen atoms in total. The molecule has 2 saturated heterocycles. The van der Waals surface area contributed by atoms with Crippen molar-refractivity contribution in [1.82, 2.24) is 24.5 Å². The molecule has 0 aliphatic carbocycles. The fraction of sp³-hybridized carbons (Fsp3) is 0.514. The molecule has 0 unspecified atom stereocenters. The van der Waals surface area contributed by atoms with Crippen LogP contribution in [-0.4, -0.2) is 90.3 Å². The maximum Gasteiger partial charge on any atom is 0.404 e. The lowest BCUT2D eigenvalue weighted by Gasteiger charge is -2.50. The number of alkyl halides is 3. The smallest absolute Gasteiger partial charge is 0.364 e. The maximum absolute atomic E-state index is 13.4. The molecule has 5 rings (SSSR count). The fourth-order valence-electron chi connectivity index (χ4n) is 6.97. The van der Waals surface area contributed by atoms with Crippen LogP contribution in [0.3, 0.4) is 0 Å². The maximum atomic E-state index is 13.4. The van der Waals surface area contributed by atoms with Gasteiger partial charge in [0, 0.05) is 56.5 Å². The largest absolute Gasteiger partial charge is 0.404 e. The summed E-state index contributed by atoms with van der Waals surface area (Å²) in [5.41, 5.74) is 5.13. The SMILES string of the molecule is Cc1ncnc(C)c1C(=O)N1CCC(C)(N2CCC(N(Cc3ccccc3)c3ccc(CCNS(=O)(=O)CC(F)(F)F)cc3)CC2)CC1. The molecule has 3 aromatic rings. The van der Waals surface area contributed by atoms with Crippen LogP contribution in [0.1, 0.15) is 65.5 Å². The van der Waals surface area contributed by atoms with Gasteiger partial charge in [-0.3, -0.25) is 9.69 Å². The minimum absolute atomic E-state index is 0.00650. The van der Waals surface area contributed by atoms with E-state index in [1.165, 1.54) is 11.9 Å². The summed E-state index contributed by atoms with van der Waals surface area (Å²) in [5.74, 6) is -1.87. The van der Waals surface area contributed by atoms with E-state index in [1.54, 1.807) is 0 Å². The van der Waals surface area contributed by atoms with Crippen LogP contribution in [0.2, 0.25) is 0 Å². The van der Waals surface area contributed by atoms with Gasteiger partial charge in [0.2, 0.25) is 10.0 Å². The predicted octanol–water partition coefficient (Wildman–Crippen LogP) is 5.28. The number of amides is 1. The highest BCUT2D eigenvalue weighted by Crippen LogP contribution is 2.34. The Morgan fingerprint density at radius 2 is 1.54 bits per heavy atom. The first-order valence-electron chi connectivity index (χ1n) is 16.5. The standard InChI is InChI=1S/C35H45F3N6O3S/c1-26-32(27(2)40-25-39-26)33(45)42-21-16-34(3,17-22-42)43-19-14-31(15-20-43)44(23-29-7-5-4-6-8-29)30-11-9-28(10-12-30)13-18-41-48(46,47)24-35(36,37)38/h4-12,25,31,41H,13-24H2,1-3H3. The number of anilines is 1. The molecule has 1 amide bonds. The minimum atomic E-state index is -4.78. The number of hydrogen-bond donors (Lipinski definition) is 1. The van der Waals surface area contributed by atoms with Crippen molar-refractivity contribution in [3.63, 3.8) is 0 Å². The zero-order valence-corrected chi connectivity index (χ0v) is 28.7. The summed E-state index contributed by atoms with van der Waals surface area (Å²) in [6.45, 7) is 9.94. The van der Waals surface area contributed by atoms with E-state index in [1.807, 2.05) is 61.2 Å². The summed E-state index contributed by atoms with van der Waals surface area (Å²) in [5, 5.41) is 0. The van der Waals surface area contributed by atoms with Gasteiger partial charge in [-0.2, -0.15) is 13.2 Å². The Bertz CT molecular complexity index is 1620. The van der Waals surface area contributed by atoms with Gasteiger partial charge in [-0.1, -0.05) is 42.5 Å². The van der Waals surface area contributed by atoms with Crippen LogP contribution in [0, 0.1) is 13.8 Å². The molecule has 2 fully saturated rings. The number of sulfonamides is 1. The molecule has 2 aliphatic heterocycles. The number of likely N-dealkylation sites (tertiary alicyclic amines) is 2. The second-order valence-electron chi connectivity index (χ2n) is 13.2. The average Bonchev–Trinajstić information content (AvgIpc) is 3.04. The van der Waals surface area contributed by atoms with Crippen molar-refractivity contribution in [1.29, 1.82) is 0 Å². The molecule has 13 heteroatoms. The molecule has 48 heavy (non-hydrogen) atoms. The average molecular weight is 687 g/mol. The van der Waals surface area contributed by atoms with E-state index in [2.05, 4.69) is 43.5 Å². The Morgan fingerprint density at radius 1 is 0.938 bits per heavy atom. The first-order valence-corrected chi connectivity index (χ1v) is 18.1. The Kier molecular flexibility index (Phi) is 11.1. The number of rotatable bonds is 11. The number of halogens is 3. The first-order chi connectivity index (χ1) is 22.7. The molecule has 0 spiro atoms. The number of carbonyl (C=O) groups is 1. The molecule has 2 aliphatic rings. The van der Waals surface area contributed by atoms with Crippen LogP contribution in [0.5, 0.6) is 0 Å². The van der Waals surface area contributed by atoms with E-state index in [4.69, 9.17) is 0 Å². The number of aromatic nitrogens is 2. The summed E-state index contributed by atoms with van der Waals surface area (Å²) in [6.07, 6.45) is 0.764. The number of nitrogens with one attached hydrogen (secondary N) is 1. The zero-order valence-electron chi connectivity index (χ0n) is 27.8. The van der Waals surface area contributed by atoms with Crippen molar-refractivity contribution in [2.45, 2.75) is 77.2 Å². The fourth-order valence-corrected chi connectivity index (χ4v) is 7.91. The van der Waals surface area contributed by atoms with Gasteiger partial charge in [-0.15, -0.1) is 0 Å². The molecule has 0 atom stereocenters. The van der Waals surface area contributed by atoms with Crippen molar-refractivity contribution in [3.05, 3.63) is 89.0 Å². The van der Waals surface area contributed by atoms with Crippen LogP contribution in [0.4, 0.5) is 18.9 Å². The summed E-state index contributed by atoms with van der Waals surface area (Å²) in [4.78, 5) is 28.8. The van der Waals surface area contributed by atoms with E-state index in [-0.39, 0.29) is 24.4 Å². The van der Waals surface area contributed by atoms with Crippen LogP contribution in [0.15, 0.2) is 60.9 Å². The highest BCUT2D eigenvalue weighted by molar-refractivity contribution is 7.89. The summed E-state index contributed by atoms with van der Waals surface area (Å²) in [7, 11) is -4.43. The van der Waals surface area contributed by atoms with Gasteiger partial charge in [0.25, 0.3) is 5.91 Å². The molecule has 0 bridgehead atoms. The quantitative estimate of drug-likeness (QED) is 0.293. The minimum Gasteiger partial charge on any atom is -0.364 e. The van der Waals surface area contributed by atoms with Gasteiger partial charge in [0.1, 0.15) is 6.33 Å². The van der Waals surface area contributed by atoms with Crippen molar-refractivity contribution in [3.8, 4) is 0 Å². The van der Waals surface area contributed by atoms with E-state index >= 15 is 0 Å². The number of piperidine rings is 2. The molecular formula is C35H45F3N6O3S. The van der Waals surface area contributed by atoms with Gasteiger partial charge in [0.05, 0.1) is 17.0 Å². The highest BCUT2D eigenvalue weighted by atomic mass is 32.2. The number of benzene rings is 2. The highest BCUT2D eigenvalue weighted by Gasteiger charge is 2.40. The lowest BCUT2D eigenvalue weighted by molar-refractivity contribution is -0.106. The lowest BCUT2D eigenvalue weighted by Crippen LogP contribution is -2.58. The van der Waals surface area contributed by atoms with E-state index in [0.717, 1.165) is 56.6 Å². The van der Waals surface area contributed by atoms with Gasteiger partial charge in [-0.05, 0) is 76.1 Å².